The first-order valence-electron chi connectivity index (χ1n) is 11.1. The Morgan fingerprint density at radius 1 is 1.07 bits per heavy atom. The van der Waals surface area contributed by atoms with Gasteiger partial charge in [-0.2, -0.15) is 0 Å². The predicted molar refractivity (Wildman–Crippen MR) is 123 cm³/mol. The Morgan fingerprint density at radius 3 is 2.67 bits per heavy atom. The number of benzene rings is 2. The minimum atomic E-state index is -0.581. The number of hydrogen-bond donors (Lipinski definition) is 1. The Morgan fingerprint density at radius 2 is 1.83 bits per heavy atom. The minimum Gasteiger partial charge on any atom is -0.493 e. The van der Waals surface area contributed by atoms with Crippen molar-refractivity contribution < 1.29 is 9.53 Å². The van der Waals surface area contributed by atoms with Gasteiger partial charge in [0.2, 0.25) is 5.91 Å². The SMILES string of the molecule is CCCCCCOc1ccccc1/C=C/[C@@]12NC(=O)CN1c1ccccc1C2(C)C. The zero-order chi connectivity index (χ0) is 21.2. The van der Waals surface area contributed by atoms with Crippen LogP contribution in [0.2, 0.25) is 0 Å². The van der Waals surface area contributed by atoms with Crippen molar-refractivity contribution in [1.82, 2.24) is 5.32 Å². The van der Waals surface area contributed by atoms with Crippen molar-refractivity contribution in [2.75, 3.05) is 18.1 Å². The highest BCUT2D eigenvalue weighted by molar-refractivity contribution is 5.91. The van der Waals surface area contributed by atoms with E-state index in [1.807, 2.05) is 24.3 Å². The third kappa shape index (κ3) is 3.38. The first-order valence-corrected chi connectivity index (χ1v) is 11.1. The Balaban J connectivity index is 1.62. The van der Waals surface area contributed by atoms with Gasteiger partial charge in [-0.1, -0.05) is 82.5 Å². The molecule has 30 heavy (non-hydrogen) atoms. The third-order valence-corrected chi connectivity index (χ3v) is 6.56. The number of fused-ring (bicyclic) bond motifs is 3. The highest BCUT2D eigenvalue weighted by Gasteiger charge is 2.59. The normalized spacial score (nSPS) is 21.6. The second-order valence-corrected chi connectivity index (χ2v) is 8.82. The van der Waals surface area contributed by atoms with Crippen LogP contribution in [-0.2, 0) is 10.2 Å². The molecule has 0 spiro atoms. The molecule has 158 valence electrons. The van der Waals surface area contributed by atoms with Crippen LogP contribution in [0.15, 0.2) is 54.6 Å². The summed E-state index contributed by atoms with van der Waals surface area (Å²) >= 11 is 0. The quantitative estimate of drug-likeness (QED) is 0.609. The highest BCUT2D eigenvalue weighted by Crippen LogP contribution is 2.52. The second kappa shape index (κ2) is 8.17. The van der Waals surface area contributed by atoms with Crippen molar-refractivity contribution >= 4 is 17.7 Å². The van der Waals surface area contributed by atoms with E-state index in [0.717, 1.165) is 30.0 Å². The van der Waals surface area contributed by atoms with Crippen LogP contribution in [-0.4, -0.2) is 24.7 Å². The predicted octanol–water partition coefficient (Wildman–Crippen LogP) is 5.28. The molecule has 2 aromatic rings. The zero-order valence-electron chi connectivity index (χ0n) is 18.3. The minimum absolute atomic E-state index is 0.0580. The van der Waals surface area contributed by atoms with Crippen LogP contribution in [0.1, 0.15) is 57.6 Å². The summed E-state index contributed by atoms with van der Waals surface area (Å²) in [5, 5.41) is 3.28. The number of ether oxygens (including phenoxy) is 1. The third-order valence-electron chi connectivity index (χ3n) is 6.56. The fourth-order valence-electron chi connectivity index (χ4n) is 4.81. The number of hydrogen-bond acceptors (Lipinski definition) is 3. The van der Waals surface area contributed by atoms with E-state index in [-0.39, 0.29) is 11.3 Å². The molecule has 1 fully saturated rings. The highest BCUT2D eigenvalue weighted by atomic mass is 16.5. The van der Waals surface area contributed by atoms with Crippen LogP contribution in [0, 0.1) is 0 Å². The summed E-state index contributed by atoms with van der Waals surface area (Å²) in [4.78, 5) is 14.7. The molecule has 0 aromatic heterocycles. The summed E-state index contributed by atoms with van der Waals surface area (Å²) in [7, 11) is 0. The maximum atomic E-state index is 12.5. The molecule has 0 bridgehead atoms. The molecule has 0 saturated carbocycles. The molecule has 1 saturated heterocycles. The largest absolute Gasteiger partial charge is 0.493 e. The first kappa shape index (κ1) is 20.5. The maximum Gasteiger partial charge on any atom is 0.241 e. The number of carbonyl (C=O) groups is 1. The average Bonchev–Trinajstić information content (AvgIpc) is 3.18. The monoisotopic (exact) mass is 404 g/mol. The molecule has 1 amide bonds. The molecule has 1 N–H and O–H groups in total. The van der Waals surface area contributed by atoms with Crippen LogP contribution in [0.4, 0.5) is 5.69 Å². The van der Waals surface area contributed by atoms with Crippen molar-refractivity contribution in [3.05, 3.63) is 65.7 Å². The number of anilines is 1. The van der Waals surface area contributed by atoms with E-state index in [0.29, 0.717) is 6.54 Å². The van der Waals surface area contributed by atoms with Crippen molar-refractivity contribution in [1.29, 1.82) is 0 Å². The van der Waals surface area contributed by atoms with Crippen molar-refractivity contribution in [2.45, 2.75) is 57.5 Å². The molecule has 4 rings (SSSR count). The number of carbonyl (C=O) groups excluding carboxylic acids is 1. The van der Waals surface area contributed by atoms with Crippen molar-refractivity contribution in [3.63, 3.8) is 0 Å². The molecule has 4 nitrogen and oxygen atoms in total. The Hall–Kier alpha value is -2.75. The van der Waals surface area contributed by atoms with Crippen LogP contribution >= 0.6 is 0 Å². The van der Waals surface area contributed by atoms with Crippen LogP contribution < -0.4 is 15.0 Å². The summed E-state index contributed by atoms with van der Waals surface area (Å²) in [6, 6.07) is 16.5. The van der Waals surface area contributed by atoms with E-state index in [1.165, 1.54) is 24.8 Å². The number of para-hydroxylation sites is 2. The van der Waals surface area contributed by atoms with E-state index in [9.17, 15) is 4.79 Å². The van der Waals surface area contributed by atoms with Crippen molar-refractivity contribution in [2.24, 2.45) is 0 Å². The topological polar surface area (TPSA) is 41.6 Å². The Labute approximate surface area is 179 Å². The smallest absolute Gasteiger partial charge is 0.241 e. The standard InChI is InChI=1S/C26H32N2O2/c1-4-5-6-11-18-30-23-15-10-7-12-20(23)16-17-26-25(2,3)21-13-8-9-14-22(21)28(26)19-24(29)27-26/h7-10,12-17H,4-6,11,18-19H2,1-3H3,(H,27,29)/b17-16+/t26-/m1/s1. The molecule has 0 aliphatic carbocycles. The zero-order valence-corrected chi connectivity index (χ0v) is 18.3. The van der Waals surface area contributed by atoms with Gasteiger partial charge in [-0.3, -0.25) is 4.79 Å². The van der Waals surface area contributed by atoms with E-state index in [4.69, 9.17) is 4.74 Å². The summed E-state index contributed by atoms with van der Waals surface area (Å²) in [6.07, 6.45) is 9.00. The molecule has 0 radical (unpaired) electrons. The van der Waals surface area contributed by atoms with E-state index >= 15 is 0 Å². The maximum absolute atomic E-state index is 12.5. The van der Waals surface area contributed by atoms with E-state index < -0.39 is 5.66 Å². The number of nitrogens with one attached hydrogen (secondary N) is 1. The molecule has 4 heteroatoms. The number of unbranched alkanes of at least 4 members (excludes halogenated alkanes) is 3. The summed E-state index contributed by atoms with van der Waals surface area (Å²) < 4.78 is 6.09. The number of nitrogens with zero attached hydrogens (tertiary/aromatic N) is 1. The molecule has 2 aromatic carbocycles. The molecular weight excluding hydrogens is 372 g/mol. The summed E-state index contributed by atoms with van der Waals surface area (Å²) in [6.45, 7) is 7.74. The van der Waals surface area contributed by atoms with Gasteiger partial charge in [0.1, 0.15) is 11.4 Å². The van der Waals surface area contributed by atoms with Gasteiger partial charge >= 0.3 is 0 Å². The fourth-order valence-corrected chi connectivity index (χ4v) is 4.81. The average molecular weight is 405 g/mol. The second-order valence-electron chi connectivity index (χ2n) is 8.82. The lowest BCUT2D eigenvalue weighted by Crippen LogP contribution is -2.58. The van der Waals surface area contributed by atoms with Gasteiger partial charge < -0.3 is 15.0 Å². The lowest BCUT2D eigenvalue weighted by Gasteiger charge is -2.40. The first-order chi connectivity index (χ1) is 14.5. The van der Waals surface area contributed by atoms with Crippen LogP contribution in [0.5, 0.6) is 5.75 Å². The fraction of sp³-hybridized carbons (Fsp3) is 0.423. The molecule has 2 aliphatic heterocycles. The van der Waals surface area contributed by atoms with Crippen LogP contribution in [0.25, 0.3) is 6.08 Å². The molecular formula is C26H32N2O2. The van der Waals surface area contributed by atoms with Crippen LogP contribution in [0.3, 0.4) is 0 Å². The summed E-state index contributed by atoms with van der Waals surface area (Å²) in [5.41, 5.74) is 2.58. The van der Waals surface area contributed by atoms with Gasteiger partial charge in [0.15, 0.2) is 0 Å². The lowest BCUT2D eigenvalue weighted by atomic mass is 9.75. The van der Waals surface area contributed by atoms with Gasteiger partial charge in [-0.15, -0.1) is 0 Å². The lowest BCUT2D eigenvalue weighted by molar-refractivity contribution is -0.118. The Bertz CT molecular complexity index is 950. The van der Waals surface area contributed by atoms with Gasteiger partial charge in [-0.25, -0.2) is 0 Å². The van der Waals surface area contributed by atoms with E-state index in [1.54, 1.807) is 0 Å². The number of amides is 1. The summed E-state index contributed by atoms with van der Waals surface area (Å²) in [5.74, 6) is 0.952. The number of rotatable bonds is 8. The van der Waals surface area contributed by atoms with Gasteiger partial charge in [-0.05, 0) is 30.2 Å². The van der Waals surface area contributed by atoms with E-state index in [2.05, 4.69) is 67.4 Å². The molecule has 1 atom stereocenters. The molecule has 2 heterocycles. The molecule has 0 unspecified atom stereocenters. The van der Waals surface area contributed by atoms with Gasteiger partial charge in [0, 0.05) is 16.7 Å². The Kier molecular flexibility index (Phi) is 5.59. The van der Waals surface area contributed by atoms with Gasteiger partial charge in [0.25, 0.3) is 0 Å². The van der Waals surface area contributed by atoms with Crippen molar-refractivity contribution in [3.8, 4) is 5.75 Å². The molecule has 2 aliphatic rings. The van der Waals surface area contributed by atoms with Gasteiger partial charge in [0.05, 0.1) is 13.2 Å².